The quantitative estimate of drug-likeness (QED) is 0.798. The second-order valence-electron chi connectivity index (χ2n) is 4.07. The first-order chi connectivity index (χ1) is 7.83. The van der Waals surface area contributed by atoms with Crippen molar-refractivity contribution in [3.8, 4) is 0 Å². The lowest BCUT2D eigenvalue weighted by Gasteiger charge is -2.15. The molecule has 6 nitrogen and oxygen atoms in total. The largest absolute Gasteiger partial charge is 0.480 e. The van der Waals surface area contributed by atoms with Crippen LogP contribution in [0.15, 0.2) is 27.9 Å². The summed E-state index contributed by atoms with van der Waals surface area (Å²) in [6, 6.07) is 1.54. The number of carbonyl (C=O) groups is 1. The van der Waals surface area contributed by atoms with Gasteiger partial charge in [-0.1, -0.05) is 13.8 Å². The maximum Gasteiger partial charge on any atom is 0.321 e. The lowest BCUT2D eigenvalue weighted by molar-refractivity contribution is -0.139. The number of carboxylic acid groups (broad SMARTS) is 1. The first kappa shape index (κ1) is 13.7. The topological polar surface area (TPSA) is 96.6 Å². The molecule has 0 aliphatic rings. The molecular formula is C10H15NO5S. The lowest BCUT2D eigenvalue weighted by Crippen LogP contribution is -2.41. The molecule has 0 aromatic carbocycles. The Kier molecular flexibility index (Phi) is 4.30. The van der Waals surface area contributed by atoms with Crippen LogP contribution in [0, 0.1) is 5.92 Å². The van der Waals surface area contributed by atoms with Gasteiger partial charge in [0.2, 0.25) is 5.09 Å². The molecule has 0 amide bonds. The van der Waals surface area contributed by atoms with E-state index in [1.807, 2.05) is 13.8 Å². The third-order valence-electron chi connectivity index (χ3n) is 2.06. The fourth-order valence-corrected chi connectivity index (χ4v) is 2.46. The molecule has 0 saturated heterocycles. The molecule has 96 valence electrons. The molecule has 1 unspecified atom stereocenters. The van der Waals surface area contributed by atoms with E-state index < -0.39 is 22.0 Å². The van der Waals surface area contributed by atoms with Crippen LogP contribution in [-0.4, -0.2) is 25.5 Å². The zero-order chi connectivity index (χ0) is 13.1. The maximum absolute atomic E-state index is 11.7. The molecule has 0 spiro atoms. The van der Waals surface area contributed by atoms with Crippen LogP contribution in [0.2, 0.25) is 0 Å². The van der Waals surface area contributed by atoms with Crippen molar-refractivity contribution in [1.29, 1.82) is 0 Å². The highest BCUT2D eigenvalue weighted by Gasteiger charge is 2.27. The van der Waals surface area contributed by atoms with Gasteiger partial charge in [0, 0.05) is 0 Å². The van der Waals surface area contributed by atoms with Crippen molar-refractivity contribution in [2.75, 3.05) is 0 Å². The summed E-state index contributed by atoms with van der Waals surface area (Å²) < 4.78 is 30.3. The molecule has 17 heavy (non-hydrogen) atoms. The normalized spacial score (nSPS) is 13.8. The Balaban J connectivity index is 2.84. The number of hydrogen-bond acceptors (Lipinski definition) is 4. The first-order valence-electron chi connectivity index (χ1n) is 5.11. The summed E-state index contributed by atoms with van der Waals surface area (Å²) in [6.07, 6.45) is 1.43. The smallest absolute Gasteiger partial charge is 0.321 e. The second kappa shape index (κ2) is 5.33. The SMILES string of the molecule is CC(C)CC(NS(=O)(=O)c1ccco1)C(=O)O. The van der Waals surface area contributed by atoms with Crippen LogP contribution in [0.5, 0.6) is 0 Å². The highest BCUT2D eigenvalue weighted by molar-refractivity contribution is 7.89. The molecular weight excluding hydrogens is 246 g/mol. The number of rotatable bonds is 6. The number of hydrogen-bond donors (Lipinski definition) is 2. The van der Waals surface area contributed by atoms with Crippen molar-refractivity contribution in [2.24, 2.45) is 5.92 Å². The molecule has 1 heterocycles. The van der Waals surface area contributed by atoms with E-state index in [1.165, 1.54) is 18.4 Å². The summed E-state index contributed by atoms with van der Waals surface area (Å²) in [7, 11) is -3.90. The van der Waals surface area contributed by atoms with Gasteiger partial charge in [-0.25, -0.2) is 8.42 Å². The predicted molar refractivity (Wildman–Crippen MR) is 59.9 cm³/mol. The fourth-order valence-electron chi connectivity index (χ4n) is 1.33. The van der Waals surface area contributed by atoms with Crippen LogP contribution in [0.1, 0.15) is 20.3 Å². The summed E-state index contributed by atoms with van der Waals surface area (Å²) in [4.78, 5) is 10.9. The zero-order valence-electron chi connectivity index (χ0n) is 9.58. The lowest BCUT2D eigenvalue weighted by atomic mass is 10.1. The van der Waals surface area contributed by atoms with Crippen molar-refractivity contribution in [3.05, 3.63) is 18.4 Å². The molecule has 1 rings (SSSR count). The van der Waals surface area contributed by atoms with Gasteiger partial charge in [0.25, 0.3) is 10.0 Å². The van der Waals surface area contributed by atoms with Gasteiger partial charge in [0.1, 0.15) is 6.04 Å². The van der Waals surface area contributed by atoms with Gasteiger partial charge in [-0.2, -0.15) is 4.72 Å². The minimum Gasteiger partial charge on any atom is -0.480 e. The van der Waals surface area contributed by atoms with Gasteiger partial charge < -0.3 is 9.52 Å². The van der Waals surface area contributed by atoms with E-state index in [9.17, 15) is 13.2 Å². The summed E-state index contributed by atoms with van der Waals surface area (Å²) in [5.74, 6) is -1.13. The molecule has 1 atom stereocenters. The van der Waals surface area contributed by atoms with Crippen LogP contribution < -0.4 is 4.72 Å². The van der Waals surface area contributed by atoms with Gasteiger partial charge >= 0.3 is 5.97 Å². The summed E-state index contributed by atoms with van der Waals surface area (Å²) in [5, 5.41) is 8.64. The van der Waals surface area contributed by atoms with Crippen LogP contribution in [0.25, 0.3) is 0 Å². The summed E-state index contributed by atoms with van der Waals surface area (Å²) in [6.45, 7) is 3.63. The van der Waals surface area contributed by atoms with Crippen molar-refractivity contribution in [3.63, 3.8) is 0 Å². The number of furan rings is 1. The Labute approximate surface area is 99.7 Å². The van der Waals surface area contributed by atoms with Crippen LogP contribution in [0.3, 0.4) is 0 Å². The van der Waals surface area contributed by atoms with Crippen LogP contribution >= 0.6 is 0 Å². The van der Waals surface area contributed by atoms with Crippen LogP contribution in [0.4, 0.5) is 0 Å². The van der Waals surface area contributed by atoms with Crippen LogP contribution in [-0.2, 0) is 14.8 Å². The van der Waals surface area contributed by atoms with E-state index in [2.05, 4.69) is 4.72 Å². The first-order valence-corrected chi connectivity index (χ1v) is 6.60. The van der Waals surface area contributed by atoms with E-state index in [1.54, 1.807) is 0 Å². The molecule has 0 fully saturated rings. The minimum atomic E-state index is -3.90. The average Bonchev–Trinajstić information content (AvgIpc) is 2.68. The van der Waals surface area contributed by atoms with Crippen molar-refractivity contribution < 1.29 is 22.7 Å². The van der Waals surface area contributed by atoms with Crippen molar-refractivity contribution in [1.82, 2.24) is 4.72 Å². The molecule has 0 saturated carbocycles. The zero-order valence-corrected chi connectivity index (χ0v) is 10.4. The third kappa shape index (κ3) is 3.86. The molecule has 0 aliphatic heterocycles. The van der Waals surface area contributed by atoms with E-state index in [0.29, 0.717) is 0 Å². The number of sulfonamides is 1. The highest BCUT2D eigenvalue weighted by atomic mass is 32.2. The third-order valence-corrected chi connectivity index (χ3v) is 3.42. The van der Waals surface area contributed by atoms with Gasteiger partial charge in [0.05, 0.1) is 6.26 Å². The highest BCUT2D eigenvalue weighted by Crippen LogP contribution is 2.12. The maximum atomic E-state index is 11.7. The molecule has 1 aromatic heterocycles. The Bertz CT molecular complexity index is 463. The Morgan fingerprint density at radius 2 is 2.18 bits per heavy atom. The van der Waals surface area contributed by atoms with Crippen molar-refractivity contribution in [2.45, 2.75) is 31.4 Å². The molecule has 0 bridgehead atoms. The minimum absolute atomic E-state index is 0.0652. The van der Waals surface area contributed by atoms with Gasteiger partial charge in [0.15, 0.2) is 0 Å². The summed E-state index contributed by atoms with van der Waals surface area (Å²) >= 11 is 0. The number of aliphatic carboxylic acids is 1. The predicted octanol–water partition coefficient (Wildman–Crippen LogP) is 1.06. The van der Waals surface area contributed by atoms with E-state index in [-0.39, 0.29) is 17.4 Å². The number of carboxylic acids is 1. The number of nitrogens with one attached hydrogen (secondary N) is 1. The Morgan fingerprint density at radius 3 is 2.59 bits per heavy atom. The molecule has 1 aromatic rings. The van der Waals surface area contributed by atoms with E-state index in [4.69, 9.17) is 9.52 Å². The van der Waals surface area contributed by atoms with E-state index >= 15 is 0 Å². The Morgan fingerprint density at radius 1 is 1.53 bits per heavy atom. The molecule has 0 aliphatic carbocycles. The van der Waals surface area contributed by atoms with Gasteiger partial charge in [-0.05, 0) is 24.5 Å². The molecule has 0 radical (unpaired) electrons. The van der Waals surface area contributed by atoms with Crippen molar-refractivity contribution >= 4 is 16.0 Å². The molecule has 2 N–H and O–H groups in total. The molecule has 7 heteroatoms. The average molecular weight is 261 g/mol. The second-order valence-corrected chi connectivity index (χ2v) is 5.72. The Hall–Kier alpha value is -1.34. The van der Waals surface area contributed by atoms with E-state index in [0.717, 1.165) is 0 Å². The van der Waals surface area contributed by atoms with Gasteiger partial charge in [-0.15, -0.1) is 0 Å². The summed E-state index contributed by atoms with van der Waals surface area (Å²) in [5.41, 5.74) is 0. The fraction of sp³-hybridized carbons (Fsp3) is 0.500. The monoisotopic (exact) mass is 261 g/mol. The standard InChI is InChI=1S/C10H15NO5S/c1-7(2)6-8(10(12)13)11-17(14,15)9-4-3-5-16-9/h3-5,7-8,11H,6H2,1-2H3,(H,12,13). The van der Waals surface area contributed by atoms with Gasteiger partial charge in [-0.3, -0.25) is 4.79 Å².